The van der Waals surface area contributed by atoms with Crippen molar-refractivity contribution in [3.8, 4) is 5.82 Å². The van der Waals surface area contributed by atoms with Crippen molar-refractivity contribution in [1.82, 2.24) is 20.0 Å². The van der Waals surface area contributed by atoms with E-state index in [-0.39, 0.29) is 10.7 Å². The number of aromatic nitrogens is 4. The standard InChI is InChI=1S/C8H5F3N4S/c9-8(10,11)6-3-5(16)4-12-7(6)15-13-1-2-14-15/h1-4,16H. The Bertz CT molecular complexity index is 494. The number of pyridine rings is 1. The molecule has 0 N–H and O–H groups in total. The second-order valence-corrected chi connectivity index (χ2v) is 3.40. The van der Waals surface area contributed by atoms with Crippen LogP contribution >= 0.6 is 12.6 Å². The van der Waals surface area contributed by atoms with E-state index in [1.54, 1.807) is 0 Å². The summed E-state index contributed by atoms with van der Waals surface area (Å²) in [5.41, 5.74) is -0.920. The highest BCUT2D eigenvalue weighted by atomic mass is 32.1. The second-order valence-electron chi connectivity index (χ2n) is 2.88. The van der Waals surface area contributed by atoms with Crippen LogP contribution in [0.4, 0.5) is 13.2 Å². The molecular formula is C8H5F3N4S. The zero-order valence-corrected chi connectivity index (χ0v) is 8.57. The molecule has 0 spiro atoms. The van der Waals surface area contributed by atoms with E-state index >= 15 is 0 Å². The van der Waals surface area contributed by atoms with Crippen molar-refractivity contribution in [1.29, 1.82) is 0 Å². The maximum absolute atomic E-state index is 12.7. The fraction of sp³-hybridized carbons (Fsp3) is 0.125. The molecule has 2 aromatic heterocycles. The lowest BCUT2D eigenvalue weighted by Crippen LogP contribution is -2.14. The van der Waals surface area contributed by atoms with Crippen LogP contribution in [-0.4, -0.2) is 20.0 Å². The maximum atomic E-state index is 12.7. The van der Waals surface area contributed by atoms with Crippen LogP contribution in [0.15, 0.2) is 29.6 Å². The fourth-order valence-corrected chi connectivity index (χ4v) is 1.33. The molecule has 84 valence electrons. The molecule has 0 amide bonds. The van der Waals surface area contributed by atoms with Gasteiger partial charge in [0.25, 0.3) is 0 Å². The zero-order chi connectivity index (χ0) is 11.8. The highest BCUT2D eigenvalue weighted by Crippen LogP contribution is 2.33. The van der Waals surface area contributed by atoms with Gasteiger partial charge in [0, 0.05) is 11.1 Å². The van der Waals surface area contributed by atoms with Crippen LogP contribution in [0.2, 0.25) is 0 Å². The fourth-order valence-electron chi connectivity index (χ4n) is 1.14. The van der Waals surface area contributed by atoms with Crippen molar-refractivity contribution >= 4 is 12.6 Å². The number of nitrogens with zero attached hydrogens (tertiary/aromatic N) is 4. The molecule has 0 aliphatic carbocycles. The minimum atomic E-state index is -4.52. The number of thiol groups is 1. The Kier molecular flexibility index (Phi) is 2.58. The molecular weight excluding hydrogens is 241 g/mol. The first-order valence-electron chi connectivity index (χ1n) is 4.11. The third-order valence-corrected chi connectivity index (χ3v) is 2.01. The van der Waals surface area contributed by atoms with Gasteiger partial charge in [0.1, 0.15) is 5.56 Å². The normalized spacial score (nSPS) is 11.8. The maximum Gasteiger partial charge on any atom is 0.420 e. The smallest absolute Gasteiger partial charge is 0.234 e. The summed E-state index contributed by atoms with van der Waals surface area (Å²) < 4.78 is 38.0. The molecule has 0 radical (unpaired) electrons. The van der Waals surface area contributed by atoms with Gasteiger partial charge in [0.15, 0.2) is 5.82 Å². The van der Waals surface area contributed by atoms with E-state index in [4.69, 9.17) is 0 Å². The summed E-state index contributed by atoms with van der Waals surface area (Å²) in [5.74, 6) is -0.365. The quantitative estimate of drug-likeness (QED) is 0.782. The predicted molar refractivity (Wildman–Crippen MR) is 51.4 cm³/mol. The van der Waals surface area contributed by atoms with Crippen molar-refractivity contribution < 1.29 is 13.2 Å². The van der Waals surface area contributed by atoms with E-state index in [0.29, 0.717) is 0 Å². The SMILES string of the molecule is FC(F)(F)c1cc(S)cnc1-n1nccn1. The lowest BCUT2D eigenvalue weighted by atomic mass is 10.2. The summed E-state index contributed by atoms with van der Waals surface area (Å²) in [5, 5.41) is 7.22. The summed E-state index contributed by atoms with van der Waals surface area (Å²) in [6.07, 6.45) is -0.765. The average Bonchev–Trinajstić information content (AvgIpc) is 2.69. The van der Waals surface area contributed by atoms with E-state index < -0.39 is 11.7 Å². The number of alkyl halides is 3. The van der Waals surface area contributed by atoms with Gasteiger partial charge in [-0.05, 0) is 6.07 Å². The Labute approximate surface area is 93.5 Å². The third kappa shape index (κ3) is 2.01. The molecule has 8 heteroatoms. The van der Waals surface area contributed by atoms with E-state index in [1.165, 1.54) is 18.6 Å². The van der Waals surface area contributed by atoms with Crippen LogP contribution in [0, 0.1) is 0 Å². The number of hydrogen-bond donors (Lipinski definition) is 1. The topological polar surface area (TPSA) is 43.6 Å². The van der Waals surface area contributed by atoms with Gasteiger partial charge in [0.2, 0.25) is 0 Å². The van der Waals surface area contributed by atoms with Crippen molar-refractivity contribution in [2.24, 2.45) is 0 Å². The average molecular weight is 246 g/mol. The lowest BCUT2D eigenvalue weighted by molar-refractivity contribution is -0.138. The lowest BCUT2D eigenvalue weighted by Gasteiger charge is -2.10. The summed E-state index contributed by atoms with van der Waals surface area (Å²) in [6, 6.07) is 0.884. The van der Waals surface area contributed by atoms with Crippen molar-refractivity contribution in [2.75, 3.05) is 0 Å². The van der Waals surface area contributed by atoms with Gasteiger partial charge in [-0.25, -0.2) is 4.98 Å². The monoisotopic (exact) mass is 246 g/mol. The molecule has 2 rings (SSSR count). The zero-order valence-electron chi connectivity index (χ0n) is 7.68. The highest BCUT2D eigenvalue weighted by Gasteiger charge is 2.35. The Morgan fingerprint density at radius 2 is 1.81 bits per heavy atom. The van der Waals surface area contributed by atoms with Crippen molar-refractivity contribution in [3.63, 3.8) is 0 Å². The summed E-state index contributed by atoms with van der Waals surface area (Å²) in [6.45, 7) is 0. The molecule has 0 saturated carbocycles. The van der Waals surface area contributed by atoms with Gasteiger partial charge in [-0.15, -0.1) is 17.4 Å². The van der Waals surface area contributed by atoms with E-state index in [0.717, 1.165) is 10.9 Å². The second kappa shape index (κ2) is 3.78. The molecule has 2 aromatic rings. The Balaban J connectivity index is 2.62. The Hall–Kier alpha value is -1.57. The molecule has 0 atom stereocenters. The first kappa shape index (κ1) is 10.9. The predicted octanol–water partition coefficient (Wildman–Crippen LogP) is 1.97. The van der Waals surface area contributed by atoms with Crippen molar-refractivity contribution in [2.45, 2.75) is 11.1 Å². The highest BCUT2D eigenvalue weighted by molar-refractivity contribution is 7.80. The van der Waals surface area contributed by atoms with Gasteiger partial charge in [-0.1, -0.05) is 0 Å². The van der Waals surface area contributed by atoms with Crippen LogP contribution in [0.3, 0.4) is 0 Å². The van der Waals surface area contributed by atoms with Gasteiger partial charge < -0.3 is 0 Å². The van der Waals surface area contributed by atoms with Crippen molar-refractivity contribution in [3.05, 3.63) is 30.2 Å². The number of rotatable bonds is 1. The molecule has 0 aliphatic heterocycles. The van der Waals surface area contributed by atoms with E-state index in [2.05, 4.69) is 27.8 Å². The molecule has 0 bridgehead atoms. The van der Waals surface area contributed by atoms with Crippen LogP contribution in [0.25, 0.3) is 5.82 Å². The molecule has 0 fully saturated rings. The van der Waals surface area contributed by atoms with Crippen LogP contribution in [-0.2, 0) is 6.18 Å². The molecule has 2 heterocycles. The molecule has 0 unspecified atom stereocenters. The minimum Gasteiger partial charge on any atom is -0.234 e. The van der Waals surface area contributed by atoms with Gasteiger partial charge in [0.05, 0.1) is 12.4 Å². The first-order valence-corrected chi connectivity index (χ1v) is 4.56. The van der Waals surface area contributed by atoms with E-state index in [9.17, 15) is 13.2 Å². The molecule has 4 nitrogen and oxygen atoms in total. The summed E-state index contributed by atoms with van der Waals surface area (Å²) in [7, 11) is 0. The van der Waals surface area contributed by atoms with E-state index in [1.807, 2.05) is 0 Å². The van der Waals surface area contributed by atoms with Gasteiger partial charge in [-0.3, -0.25) is 0 Å². The third-order valence-electron chi connectivity index (χ3n) is 1.77. The molecule has 0 aromatic carbocycles. The largest absolute Gasteiger partial charge is 0.420 e. The minimum absolute atomic E-state index is 0.128. The summed E-state index contributed by atoms with van der Waals surface area (Å²) >= 11 is 3.82. The first-order chi connectivity index (χ1) is 7.48. The molecule has 0 aliphatic rings. The molecule has 16 heavy (non-hydrogen) atoms. The number of hydrogen-bond acceptors (Lipinski definition) is 4. The van der Waals surface area contributed by atoms with Crippen LogP contribution in [0.5, 0.6) is 0 Å². The Morgan fingerprint density at radius 3 is 2.38 bits per heavy atom. The number of halogens is 3. The summed E-state index contributed by atoms with van der Waals surface area (Å²) in [4.78, 5) is 4.57. The van der Waals surface area contributed by atoms with Gasteiger partial charge in [-0.2, -0.15) is 23.4 Å². The Morgan fingerprint density at radius 1 is 1.19 bits per heavy atom. The molecule has 0 saturated heterocycles. The van der Waals surface area contributed by atoms with Gasteiger partial charge >= 0.3 is 6.18 Å². The van der Waals surface area contributed by atoms with Crippen LogP contribution in [0.1, 0.15) is 5.56 Å². The van der Waals surface area contributed by atoms with Crippen LogP contribution < -0.4 is 0 Å².